The van der Waals surface area contributed by atoms with Crippen molar-refractivity contribution in [1.29, 1.82) is 0 Å². The van der Waals surface area contributed by atoms with Crippen LogP contribution in [0.5, 0.6) is 0 Å². The molecule has 1 unspecified atom stereocenters. The van der Waals surface area contributed by atoms with E-state index in [1.807, 2.05) is 0 Å². The minimum atomic E-state index is -3.67. The predicted molar refractivity (Wildman–Crippen MR) is 74.9 cm³/mol. The maximum Gasteiger partial charge on any atom is 0.267 e. The number of nitrogens with one attached hydrogen (secondary N) is 2. The second kappa shape index (κ2) is 6.87. The number of amides is 1. The largest absolute Gasteiger partial charge is 0.396 e. The van der Waals surface area contributed by atoms with Crippen LogP contribution in [0.4, 0.5) is 0 Å². The van der Waals surface area contributed by atoms with E-state index in [-0.39, 0.29) is 29.1 Å². The van der Waals surface area contributed by atoms with Gasteiger partial charge in [-0.05, 0) is 25.8 Å². The molecular weight excluding hydrogens is 282 g/mol. The zero-order chi connectivity index (χ0) is 15.3. The Morgan fingerprint density at radius 3 is 2.70 bits per heavy atom. The highest BCUT2D eigenvalue weighted by molar-refractivity contribution is 7.89. The van der Waals surface area contributed by atoms with Crippen LogP contribution in [0.3, 0.4) is 0 Å². The van der Waals surface area contributed by atoms with Crippen molar-refractivity contribution < 1.29 is 18.3 Å². The Bertz CT molecular complexity index is 565. The third-order valence-electron chi connectivity index (χ3n) is 2.90. The number of aliphatic hydroxyl groups is 1. The lowest BCUT2D eigenvalue weighted by molar-refractivity contribution is 0.0955. The smallest absolute Gasteiger partial charge is 0.267 e. The molecule has 0 radical (unpaired) electrons. The molecule has 8 heteroatoms. The minimum absolute atomic E-state index is 0.0260. The highest BCUT2D eigenvalue weighted by Gasteiger charge is 2.21. The van der Waals surface area contributed by atoms with Gasteiger partial charge in [-0.25, -0.2) is 13.1 Å². The number of nitrogens with zero attached hydrogens (tertiary/aromatic N) is 1. The molecule has 3 N–H and O–H groups in total. The van der Waals surface area contributed by atoms with Crippen molar-refractivity contribution in [2.75, 3.05) is 13.7 Å². The van der Waals surface area contributed by atoms with E-state index >= 15 is 0 Å². The van der Waals surface area contributed by atoms with Crippen molar-refractivity contribution in [3.63, 3.8) is 0 Å². The molecule has 0 aliphatic rings. The Morgan fingerprint density at radius 1 is 1.50 bits per heavy atom. The summed E-state index contributed by atoms with van der Waals surface area (Å²) in [4.78, 5) is 11.6. The van der Waals surface area contributed by atoms with E-state index in [1.54, 1.807) is 14.0 Å². The zero-order valence-corrected chi connectivity index (χ0v) is 12.7. The molecule has 0 aromatic carbocycles. The van der Waals surface area contributed by atoms with Crippen LogP contribution >= 0.6 is 0 Å². The fourth-order valence-electron chi connectivity index (χ4n) is 1.82. The Hall–Kier alpha value is -1.38. The van der Waals surface area contributed by atoms with E-state index in [9.17, 15) is 13.2 Å². The fraction of sp³-hybridized carbons (Fsp3) is 0.583. The van der Waals surface area contributed by atoms with Gasteiger partial charge in [0, 0.05) is 32.9 Å². The lowest BCUT2D eigenvalue weighted by Crippen LogP contribution is -2.32. The van der Waals surface area contributed by atoms with Gasteiger partial charge in [-0.1, -0.05) is 0 Å². The molecule has 7 nitrogen and oxygen atoms in total. The van der Waals surface area contributed by atoms with Crippen LogP contribution < -0.4 is 10.0 Å². The Morgan fingerprint density at radius 2 is 2.15 bits per heavy atom. The number of rotatable bonds is 7. The first-order valence-corrected chi connectivity index (χ1v) is 7.81. The molecule has 1 amide bonds. The van der Waals surface area contributed by atoms with E-state index in [0.29, 0.717) is 12.8 Å². The highest BCUT2D eigenvalue weighted by atomic mass is 32.2. The van der Waals surface area contributed by atoms with Crippen LogP contribution in [-0.2, 0) is 17.1 Å². The van der Waals surface area contributed by atoms with Gasteiger partial charge in [0.2, 0.25) is 10.0 Å². The maximum atomic E-state index is 12.2. The molecule has 1 aromatic rings. The fourth-order valence-corrected chi connectivity index (χ4v) is 3.17. The molecule has 0 saturated carbocycles. The number of aliphatic hydroxyl groups excluding tert-OH is 1. The number of hydrogen-bond acceptors (Lipinski definition) is 4. The molecule has 20 heavy (non-hydrogen) atoms. The third-order valence-corrected chi connectivity index (χ3v) is 4.46. The van der Waals surface area contributed by atoms with Gasteiger partial charge in [0.15, 0.2) is 0 Å². The molecule has 1 rings (SSSR count). The van der Waals surface area contributed by atoms with Crippen molar-refractivity contribution in [1.82, 2.24) is 14.6 Å². The Kier molecular flexibility index (Phi) is 5.73. The van der Waals surface area contributed by atoms with Gasteiger partial charge in [-0.2, -0.15) is 0 Å². The quantitative estimate of drug-likeness (QED) is 0.650. The summed E-state index contributed by atoms with van der Waals surface area (Å²) in [5.74, 6) is -0.345. The first-order chi connectivity index (χ1) is 9.31. The van der Waals surface area contributed by atoms with Gasteiger partial charge in [0.25, 0.3) is 5.91 Å². The Balaban J connectivity index is 2.90. The molecular formula is C12H21N3O4S. The molecule has 0 bridgehead atoms. The van der Waals surface area contributed by atoms with Crippen molar-refractivity contribution >= 4 is 15.9 Å². The maximum absolute atomic E-state index is 12.2. The van der Waals surface area contributed by atoms with Crippen LogP contribution in [0.25, 0.3) is 0 Å². The number of carbonyl (C=O) groups is 1. The summed E-state index contributed by atoms with van der Waals surface area (Å²) in [6, 6.07) is 1.05. The second-order valence-corrected chi connectivity index (χ2v) is 6.35. The zero-order valence-electron chi connectivity index (χ0n) is 11.9. The third kappa shape index (κ3) is 4.06. The van der Waals surface area contributed by atoms with Crippen LogP contribution in [0.15, 0.2) is 17.2 Å². The molecule has 1 atom stereocenters. The number of aryl methyl sites for hydroxylation is 1. The topological polar surface area (TPSA) is 100 Å². The van der Waals surface area contributed by atoms with Crippen molar-refractivity contribution in [2.45, 2.75) is 30.7 Å². The van der Waals surface area contributed by atoms with E-state index in [0.717, 1.165) is 0 Å². The summed E-state index contributed by atoms with van der Waals surface area (Å²) in [7, 11) is -0.571. The lowest BCUT2D eigenvalue weighted by atomic mass is 10.2. The van der Waals surface area contributed by atoms with Gasteiger partial charge in [-0.3, -0.25) is 4.79 Å². The SMILES string of the molecule is CNC(=O)c1cc(S(=O)(=O)NC(C)CCCO)cn1C. The number of hydrogen-bond donors (Lipinski definition) is 3. The van der Waals surface area contributed by atoms with Crippen LogP contribution in [-0.4, -0.2) is 43.7 Å². The van der Waals surface area contributed by atoms with Crippen LogP contribution in [0.1, 0.15) is 30.3 Å². The van der Waals surface area contributed by atoms with E-state index in [1.165, 1.54) is 23.9 Å². The number of aromatic nitrogens is 1. The standard InChI is InChI=1S/C12H21N3O4S/c1-9(5-4-6-16)14-20(18,19)10-7-11(12(17)13-2)15(3)8-10/h7-9,14,16H,4-6H2,1-3H3,(H,13,17). The normalized spacial score (nSPS) is 13.2. The summed E-state index contributed by atoms with van der Waals surface area (Å²) in [6.45, 7) is 1.76. The van der Waals surface area contributed by atoms with Crippen molar-refractivity contribution in [3.05, 3.63) is 18.0 Å². The van der Waals surface area contributed by atoms with Crippen LogP contribution in [0, 0.1) is 0 Å². The van der Waals surface area contributed by atoms with E-state index < -0.39 is 10.0 Å². The molecule has 0 spiro atoms. The molecule has 114 valence electrons. The van der Waals surface area contributed by atoms with Gasteiger partial charge in [0.05, 0.1) is 0 Å². The van der Waals surface area contributed by atoms with Crippen molar-refractivity contribution in [3.8, 4) is 0 Å². The number of carbonyl (C=O) groups excluding carboxylic acids is 1. The Labute approximate surface area is 119 Å². The molecule has 0 aliphatic carbocycles. The summed E-state index contributed by atoms with van der Waals surface area (Å²) >= 11 is 0. The summed E-state index contributed by atoms with van der Waals surface area (Å²) in [5.41, 5.74) is 0.274. The van der Waals surface area contributed by atoms with Crippen molar-refractivity contribution in [2.24, 2.45) is 7.05 Å². The van der Waals surface area contributed by atoms with Gasteiger partial charge in [0.1, 0.15) is 10.6 Å². The average Bonchev–Trinajstić information content (AvgIpc) is 2.78. The first-order valence-electron chi connectivity index (χ1n) is 6.33. The summed E-state index contributed by atoms with van der Waals surface area (Å²) < 4.78 is 28.3. The lowest BCUT2D eigenvalue weighted by Gasteiger charge is -2.12. The minimum Gasteiger partial charge on any atom is -0.396 e. The molecule has 1 aromatic heterocycles. The predicted octanol–water partition coefficient (Wildman–Crippen LogP) is -0.176. The summed E-state index contributed by atoms with van der Waals surface area (Å²) in [5, 5.41) is 11.2. The molecule has 0 fully saturated rings. The second-order valence-electron chi connectivity index (χ2n) is 4.64. The van der Waals surface area contributed by atoms with Gasteiger partial charge < -0.3 is 15.0 Å². The summed E-state index contributed by atoms with van der Waals surface area (Å²) in [6.07, 6.45) is 2.47. The van der Waals surface area contributed by atoms with Gasteiger partial charge >= 0.3 is 0 Å². The average molecular weight is 303 g/mol. The van der Waals surface area contributed by atoms with Crippen LogP contribution in [0.2, 0.25) is 0 Å². The molecule has 0 aliphatic heterocycles. The van der Waals surface area contributed by atoms with Gasteiger partial charge in [-0.15, -0.1) is 0 Å². The van der Waals surface area contributed by atoms with E-state index in [2.05, 4.69) is 10.0 Å². The number of sulfonamides is 1. The molecule has 1 heterocycles. The first kappa shape index (κ1) is 16.7. The monoisotopic (exact) mass is 303 g/mol. The highest BCUT2D eigenvalue weighted by Crippen LogP contribution is 2.14. The van der Waals surface area contributed by atoms with E-state index in [4.69, 9.17) is 5.11 Å². The molecule has 0 saturated heterocycles.